The van der Waals surface area contributed by atoms with Gasteiger partial charge in [0.25, 0.3) is 0 Å². The van der Waals surface area contributed by atoms with Crippen molar-refractivity contribution >= 4 is 25.6 Å². The van der Waals surface area contributed by atoms with Crippen LogP contribution >= 0.6 is 0 Å². The third-order valence-corrected chi connectivity index (χ3v) is 15.0. The maximum atomic E-state index is 13.9. The number of hydrogen-bond donors (Lipinski definition) is 6. The number of aliphatic hydroxyl groups excluding tert-OH is 2. The number of benzene rings is 2. The zero-order chi connectivity index (χ0) is 34.1. The summed E-state index contributed by atoms with van der Waals surface area (Å²) in [6, 6.07) is 3.98. The van der Waals surface area contributed by atoms with Gasteiger partial charge >= 0.3 is 0 Å². The Morgan fingerprint density at radius 1 is 1.11 bits per heavy atom. The van der Waals surface area contributed by atoms with Crippen molar-refractivity contribution < 1.29 is 54.1 Å². The first-order valence-electron chi connectivity index (χ1n) is 15.4. The Balaban J connectivity index is 1.61. The molecule has 6 N–H and O–H groups in total. The van der Waals surface area contributed by atoms with Crippen LogP contribution in [0.4, 0.5) is 0 Å². The van der Waals surface area contributed by atoms with E-state index in [4.69, 9.17) is 14.2 Å². The largest absolute Gasteiger partial charge is 0.507 e. The van der Waals surface area contributed by atoms with E-state index in [9.17, 15) is 39.9 Å². The number of phenolic OH excluding ortho intramolecular Hbond substituents is 2. The van der Waals surface area contributed by atoms with Crippen LogP contribution in [-0.2, 0) is 20.7 Å². The van der Waals surface area contributed by atoms with Crippen LogP contribution in [0.25, 0.3) is 0 Å². The molecule has 1 aliphatic heterocycles. The van der Waals surface area contributed by atoms with Crippen LogP contribution in [0.1, 0.15) is 89.6 Å². The van der Waals surface area contributed by atoms with E-state index in [2.05, 4.69) is 38.8 Å². The number of ether oxygens (including phenoxy) is 3. The molecule has 250 valence electrons. The van der Waals surface area contributed by atoms with Gasteiger partial charge in [0.15, 0.2) is 17.9 Å². The van der Waals surface area contributed by atoms with Gasteiger partial charge in [0.1, 0.15) is 37.7 Å². The number of aromatic hydroxyl groups is 2. The van der Waals surface area contributed by atoms with E-state index in [0.717, 1.165) is 0 Å². The van der Waals surface area contributed by atoms with Crippen molar-refractivity contribution in [3.8, 4) is 17.2 Å². The van der Waals surface area contributed by atoms with E-state index in [1.165, 1.54) is 25.3 Å². The first-order chi connectivity index (χ1) is 21.4. The van der Waals surface area contributed by atoms with Crippen molar-refractivity contribution in [2.24, 2.45) is 0 Å². The molecular formula is C33H43NO11Si. The smallest absolute Gasteiger partial charge is 0.202 e. The Labute approximate surface area is 268 Å². The van der Waals surface area contributed by atoms with E-state index >= 15 is 0 Å². The third-order valence-electron chi connectivity index (χ3n) is 10.2. The second-order valence-corrected chi connectivity index (χ2v) is 19.2. The number of methoxy groups -OCH3 is 1. The van der Waals surface area contributed by atoms with E-state index in [1.807, 2.05) is 0 Å². The highest BCUT2D eigenvalue weighted by Gasteiger charge is 2.51. The summed E-state index contributed by atoms with van der Waals surface area (Å²) >= 11 is 0. The second kappa shape index (κ2) is 11.8. The van der Waals surface area contributed by atoms with Crippen molar-refractivity contribution in [3.63, 3.8) is 0 Å². The molecule has 3 aliphatic rings. The van der Waals surface area contributed by atoms with Crippen LogP contribution in [0.3, 0.4) is 0 Å². The highest BCUT2D eigenvalue weighted by molar-refractivity contribution is 6.77. The van der Waals surface area contributed by atoms with Crippen molar-refractivity contribution in [2.45, 2.75) is 101 Å². The second-order valence-electron chi connectivity index (χ2n) is 14.1. The quantitative estimate of drug-likeness (QED) is 0.161. The van der Waals surface area contributed by atoms with Crippen LogP contribution in [0.2, 0.25) is 18.1 Å². The molecule has 6 atom stereocenters. The molecule has 4 unspecified atom stereocenters. The Morgan fingerprint density at radius 2 is 1.76 bits per heavy atom. The lowest BCUT2D eigenvalue weighted by Gasteiger charge is -2.46. The lowest BCUT2D eigenvalue weighted by molar-refractivity contribution is -0.248. The summed E-state index contributed by atoms with van der Waals surface area (Å²) < 4.78 is 17.7. The Kier molecular flexibility index (Phi) is 8.77. The van der Waals surface area contributed by atoms with Gasteiger partial charge < -0.3 is 44.7 Å². The lowest BCUT2D eigenvalue weighted by Crippen LogP contribution is -2.63. The van der Waals surface area contributed by atoms with Crippen LogP contribution in [-0.4, -0.2) is 95.0 Å². The topological polar surface area (TPSA) is 192 Å². The Bertz CT molecular complexity index is 1600. The van der Waals surface area contributed by atoms with Gasteiger partial charge in [-0.2, -0.15) is 0 Å². The minimum atomic E-state index is -2.24. The Hall–Kier alpha value is -3.17. The number of phenols is 2. The molecule has 1 saturated heterocycles. The maximum absolute atomic E-state index is 13.9. The lowest BCUT2D eigenvalue weighted by atomic mass is 9.72. The van der Waals surface area contributed by atoms with E-state index in [-0.39, 0.29) is 39.5 Å². The normalized spacial score (nSPS) is 27.9. The number of carbonyl (C=O) groups is 3. The molecule has 46 heavy (non-hydrogen) atoms. The Morgan fingerprint density at radius 3 is 2.37 bits per heavy atom. The molecule has 12 nitrogen and oxygen atoms in total. The molecule has 0 saturated carbocycles. The van der Waals surface area contributed by atoms with Gasteiger partial charge in [0.2, 0.25) is 5.78 Å². The zero-order valence-corrected chi connectivity index (χ0v) is 28.1. The number of hydrogen-bond acceptors (Lipinski definition) is 12. The standard InChI is InChI=1S/C33H43NO11Si/c1-15-27(37)18(34-46(6,7)32(2,3)4)11-22(44-15)45-20-13-33(42,21(36)14-35)12-17-24(20)31(41)26-25(29(17)39)28(38)16-9-8-10-19(43-5)23(16)30(26)40/h8-10,15,18,20,22,27,34-35,37,39,41-42H,11-14H2,1-7H3/t15?,18?,20-,22?,27?,33-/m0/s1. The summed E-state index contributed by atoms with van der Waals surface area (Å²) in [5.74, 6) is -3.67. The predicted molar refractivity (Wildman–Crippen MR) is 168 cm³/mol. The molecule has 0 radical (unpaired) electrons. The monoisotopic (exact) mass is 657 g/mol. The number of Topliss-reactive ketones (excluding diaryl/α,β-unsaturated/α-hetero) is 1. The molecule has 2 aliphatic carbocycles. The molecule has 2 aromatic carbocycles. The van der Waals surface area contributed by atoms with Crippen LogP contribution < -0.4 is 9.72 Å². The van der Waals surface area contributed by atoms with Gasteiger partial charge in [0.05, 0.1) is 42.1 Å². The van der Waals surface area contributed by atoms with Gasteiger partial charge in [-0.3, -0.25) is 14.4 Å². The molecule has 1 heterocycles. The molecular weight excluding hydrogens is 614 g/mol. The first kappa shape index (κ1) is 34.2. The molecule has 0 amide bonds. The molecule has 0 spiro atoms. The van der Waals surface area contributed by atoms with Gasteiger partial charge in [-0.05, 0) is 18.0 Å². The fourth-order valence-electron chi connectivity index (χ4n) is 6.54. The van der Waals surface area contributed by atoms with Gasteiger partial charge in [-0.1, -0.05) is 46.0 Å². The molecule has 0 bridgehead atoms. The predicted octanol–water partition coefficient (Wildman–Crippen LogP) is 2.64. The number of carbonyl (C=O) groups excluding carboxylic acids is 3. The van der Waals surface area contributed by atoms with Gasteiger partial charge in [0, 0.05) is 42.0 Å². The average Bonchev–Trinajstić information content (AvgIpc) is 2.98. The number of rotatable bonds is 7. The van der Waals surface area contributed by atoms with Crippen molar-refractivity contribution in [1.29, 1.82) is 0 Å². The summed E-state index contributed by atoms with van der Waals surface area (Å²) in [6.07, 6.45) is -4.75. The number of ketones is 3. The van der Waals surface area contributed by atoms with Crippen molar-refractivity contribution in [1.82, 2.24) is 4.98 Å². The number of fused-ring (bicyclic) bond motifs is 3. The fourth-order valence-corrected chi connectivity index (χ4v) is 8.19. The molecule has 13 heteroatoms. The summed E-state index contributed by atoms with van der Waals surface area (Å²) in [5, 5.41) is 55.5. The summed E-state index contributed by atoms with van der Waals surface area (Å²) in [6.45, 7) is 11.4. The van der Waals surface area contributed by atoms with Gasteiger partial charge in [-0.25, -0.2) is 0 Å². The summed E-state index contributed by atoms with van der Waals surface area (Å²) in [5.41, 5.74) is -3.52. The minimum absolute atomic E-state index is 0.0415. The molecule has 1 fully saturated rings. The van der Waals surface area contributed by atoms with Crippen LogP contribution in [0.5, 0.6) is 17.2 Å². The summed E-state index contributed by atoms with van der Waals surface area (Å²) in [7, 11) is -0.778. The highest BCUT2D eigenvalue weighted by Crippen LogP contribution is 2.52. The fraction of sp³-hybridized carbons (Fsp3) is 0.545. The van der Waals surface area contributed by atoms with E-state index in [0.29, 0.717) is 0 Å². The van der Waals surface area contributed by atoms with Crippen LogP contribution in [0.15, 0.2) is 18.2 Å². The number of nitrogens with one attached hydrogen (secondary N) is 1. The van der Waals surface area contributed by atoms with Crippen molar-refractivity contribution in [3.05, 3.63) is 51.6 Å². The summed E-state index contributed by atoms with van der Waals surface area (Å²) in [4.78, 5) is 44.1. The maximum Gasteiger partial charge on any atom is 0.202 e. The molecule has 5 rings (SSSR count). The van der Waals surface area contributed by atoms with Gasteiger partial charge in [-0.15, -0.1) is 0 Å². The van der Waals surface area contributed by atoms with Crippen molar-refractivity contribution in [2.75, 3.05) is 13.7 Å². The third kappa shape index (κ3) is 5.47. The zero-order valence-electron chi connectivity index (χ0n) is 27.1. The average molecular weight is 658 g/mol. The van der Waals surface area contributed by atoms with Crippen LogP contribution in [0, 0.1) is 0 Å². The number of aliphatic hydroxyl groups is 3. The molecule has 2 aromatic rings. The minimum Gasteiger partial charge on any atom is -0.507 e. The SMILES string of the molecule is COc1cccc2c1C(=O)c1c(O)c3c(c(O)c1C2=O)C[C@@](O)(C(=O)CO)C[C@@H]3OC1CC(N[Si](C)(C)C(C)(C)C)C(O)C(C)O1. The molecule has 0 aromatic heterocycles. The van der Waals surface area contributed by atoms with E-state index < -0.39 is 104 Å². The van der Waals surface area contributed by atoms with E-state index in [1.54, 1.807) is 6.92 Å². The first-order valence-corrected chi connectivity index (χ1v) is 18.4. The highest BCUT2D eigenvalue weighted by atomic mass is 28.3.